The molecule has 0 aromatic heterocycles. The average molecular weight is 245 g/mol. The van der Waals surface area contributed by atoms with Crippen molar-refractivity contribution in [1.82, 2.24) is 0 Å². The standard InChI is InChI=1S/C14H15NO3/c15-6-3-7-18-13-9-11-5-2-1-4-10(11)8-12(13)14(16)17/h1-2,4-5,8-9H,3,6-7,15H2,(H,16,17). The molecule has 2 aromatic carbocycles. The Hall–Kier alpha value is -2.07. The van der Waals surface area contributed by atoms with E-state index in [1.165, 1.54) is 0 Å². The van der Waals surface area contributed by atoms with Crippen LogP contribution in [0.25, 0.3) is 10.8 Å². The fraction of sp³-hybridized carbons (Fsp3) is 0.214. The molecule has 0 aliphatic heterocycles. The van der Waals surface area contributed by atoms with Crippen molar-refractivity contribution < 1.29 is 14.6 Å². The van der Waals surface area contributed by atoms with E-state index in [0.717, 1.165) is 10.8 Å². The molecule has 0 saturated heterocycles. The maximum Gasteiger partial charge on any atom is 0.339 e. The van der Waals surface area contributed by atoms with Gasteiger partial charge in [0.2, 0.25) is 0 Å². The molecule has 18 heavy (non-hydrogen) atoms. The minimum absolute atomic E-state index is 0.186. The van der Waals surface area contributed by atoms with Crippen molar-refractivity contribution in [3.8, 4) is 5.75 Å². The highest BCUT2D eigenvalue weighted by Crippen LogP contribution is 2.26. The van der Waals surface area contributed by atoms with E-state index in [9.17, 15) is 9.90 Å². The Morgan fingerprint density at radius 3 is 2.50 bits per heavy atom. The van der Waals surface area contributed by atoms with Crippen LogP contribution in [0.1, 0.15) is 16.8 Å². The van der Waals surface area contributed by atoms with E-state index in [2.05, 4.69) is 0 Å². The molecule has 0 heterocycles. The Morgan fingerprint density at radius 1 is 1.22 bits per heavy atom. The Balaban J connectivity index is 2.41. The normalized spacial score (nSPS) is 10.5. The maximum atomic E-state index is 11.2. The summed E-state index contributed by atoms with van der Waals surface area (Å²) in [6.07, 6.45) is 0.700. The summed E-state index contributed by atoms with van der Waals surface area (Å²) in [7, 11) is 0. The quantitative estimate of drug-likeness (QED) is 0.792. The summed E-state index contributed by atoms with van der Waals surface area (Å²) in [6, 6.07) is 11.0. The number of nitrogens with two attached hydrogens (primary N) is 1. The Bertz CT molecular complexity index is 566. The van der Waals surface area contributed by atoms with Crippen LogP contribution < -0.4 is 10.5 Å². The van der Waals surface area contributed by atoms with Gasteiger partial charge in [0.1, 0.15) is 11.3 Å². The molecule has 2 aromatic rings. The van der Waals surface area contributed by atoms with Crippen molar-refractivity contribution >= 4 is 16.7 Å². The van der Waals surface area contributed by atoms with Crippen molar-refractivity contribution in [3.63, 3.8) is 0 Å². The molecule has 4 heteroatoms. The number of carbonyl (C=O) groups is 1. The predicted octanol–water partition coefficient (Wildman–Crippen LogP) is 2.27. The molecule has 0 aliphatic rings. The lowest BCUT2D eigenvalue weighted by atomic mass is 10.1. The van der Waals surface area contributed by atoms with E-state index < -0.39 is 5.97 Å². The second kappa shape index (κ2) is 5.51. The average Bonchev–Trinajstić information content (AvgIpc) is 2.38. The smallest absolute Gasteiger partial charge is 0.339 e. The molecule has 0 radical (unpaired) electrons. The lowest BCUT2D eigenvalue weighted by Gasteiger charge is -2.10. The first kappa shape index (κ1) is 12.4. The second-order valence-electron chi connectivity index (χ2n) is 3.99. The topological polar surface area (TPSA) is 72.5 Å². The number of aromatic carboxylic acids is 1. The van der Waals surface area contributed by atoms with Crippen LogP contribution in [0.2, 0.25) is 0 Å². The molecule has 0 amide bonds. The molecule has 0 atom stereocenters. The number of fused-ring (bicyclic) bond motifs is 1. The van der Waals surface area contributed by atoms with Gasteiger partial charge in [0.15, 0.2) is 0 Å². The highest BCUT2D eigenvalue weighted by atomic mass is 16.5. The fourth-order valence-electron chi connectivity index (χ4n) is 1.77. The van der Waals surface area contributed by atoms with Crippen LogP contribution in [-0.4, -0.2) is 24.2 Å². The lowest BCUT2D eigenvalue weighted by molar-refractivity contribution is 0.0692. The van der Waals surface area contributed by atoms with Crippen molar-refractivity contribution in [2.45, 2.75) is 6.42 Å². The highest BCUT2D eigenvalue weighted by Gasteiger charge is 2.12. The van der Waals surface area contributed by atoms with E-state index in [1.807, 2.05) is 24.3 Å². The number of carboxylic acid groups (broad SMARTS) is 1. The number of hydrogen-bond donors (Lipinski definition) is 2. The van der Waals surface area contributed by atoms with Gasteiger partial charge in [-0.1, -0.05) is 24.3 Å². The van der Waals surface area contributed by atoms with Gasteiger partial charge in [-0.05, 0) is 35.9 Å². The lowest BCUT2D eigenvalue weighted by Crippen LogP contribution is -2.08. The van der Waals surface area contributed by atoms with Crippen molar-refractivity contribution in [2.75, 3.05) is 13.2 Å². The molecule has 2 rings (SSSR count). The summed E-state index contributed by atoms with van der Waals surface area (Å²) in [4.78, 5) is 11.2. The molecule has 0 aliphatic carbocycles. The van der Waals surface area contributed by atoms with Gasteiger partial charge in [-0.15, -0.1) is 0 Å². The summed E-state index contributed by atoms with van der Waals surface area (Å²) in [5.74, 6) is -0.585. The first-order valence-electron chi connectivity index (χ1n) is 5.81. The Labute approximate surface area is 105 Å². The summed E-state index contributed by atoms with van der Waals surface area (Å²) < 4.78 is 5.49. The zero-order valence-corrected chi connectivity index (χ0v) is 9.93. The van der Waals surface area contributed by atoms with Gasteiger partial charge < -0.3 is 15.6 Å². The molecule has 94 valence electrons. The fourth-order valence-corrected chi connectivity index (χ4v) is 1.77. The summed E-state index contributed by atoms with van der Waals surface area (Å²) in [6.45, 7) is 0.950. The van der Waals surface area contributed by atoms with E-state index >= 15 is 0 Å². The minimum atomic E-state index is -0.983. The van der Waals surface area contributed by atoms with E-state index in [-0.39, 0.29) is 5.56 Å². The van der Waals surface area contributed by atoms with Crippen molar-refractivity contribution in [2.24, 2.45) is 5.73 Å². The van der Waals surface area contributed by atoms with Crippen LogP contribution in [0.5, 0.6) is 5.75 Å². The summed E-state index contributed by atoms with van der Waals surface area (Å²) >= 11 is 0. The van der Waals surface area contributed by atoms with Crippen molar-refractivity contribution in [3.05, 3.63) is 42.0 Å². The van der Waals surface area contributed by atoms with Crippen LogP contribution in [0.15, 0.2) is 36.4 Å². The Kier molecular flexibility index (Phi) is 3.79. The van der Waals surface area contributed by atoms with Gasteiger partial charge in [-0.25, -0.2) is 4.79 Å². The van der Waals surface area contributed by atoms with E-state index in [1.54, 1.807) is 12.1 Å². The summed E-state index contributed by atoms with van der Waals surface area (Å²) in [5.41, 5.74) is 5.57. The predicted molar refractivity (Wildman–Crippen MR) is 70.1 cm³/mol. The van der Waals surface area contributed by atoms with Crippen LogP contribution in [0, 0.1) is 0 Å². The first-order valence-corrected chi connectivity index (χ1v) is 5.81. The van der Waals surface area contributed by atoms with Gasteiger partial charge >= 0.3 is 5.97 Å². The molecule has 4 nitrogen and oxygen atoms in total. The molecule has 0 spiro atoms. The molecule has 0 saturated carbocycles. The molecule has 0 bridgehead atoms. The molecule has 0 unspecified atom stereocenters. The van der Waals surface area contributed by atoms with Gasteiger partial charge in [0.25, 0.3) is 0 Å². The van der Waals surface area contributed by atoms with Crippen LogP contribution >= 0.6 is 0 Å². The van der Waals surface area contributed by atoms with E-state index in [0.29, 0.717) is 25.3 Å². The van der Waals surface area contributed by atoms with Crippen LogP contribution in [0.4, 0.5) is 0 Å². The third kappa shape index (κ3) is 2.60. The van der Waals surface area contributed by atoms with Gasteiger partial charge in [0, 0.05) is 0 Å². The van der Waals surface area contributed by atoms with Gasteiger partial charge in [0.05, 0.1) is 6.61 Å². The summed E-state index contributed by atoms with van der Waals surface area (Å²) in [5, 5.41) is 11.0. The zero-order valence-electron chi connectivity index (χ0n) is 9.93. The second-order valence-corrected chi connectivity index (χ2v) is 3.99. The molecule has 3 N–H and O–H groups in total. The number of hydrogen-bond acceptors (Lipinski definition) is 3. The maximum absolute atomic E-state index is 11.2. The van der Waals surface area contributed by atoms with Crippen LogP contribution in [-0.2, 0) is 0 Å². The van der Waals surface area contributed by atoms with E-state index in [4.69, 9.17) is 10.5 Å². The monoisotopic (exact) mass is 245 g/mol. The SMILES string of the molecule is NCCCOc1cc2ccccc2cc1C(=O)O. The highest BCUT2D eigenvalue weighted by molar-refractivity contribution is 5.97. The van der Waals surface area contributed by atoms with Crippen LogP contribution in [0.3, 0.4) is 0 Å². The number of rotatable bonds is 5. The number of ether oxygens (including phenoxy) is 1. The first-order chi connectivity index (χ1) is 8.72. The zero-order chi connectivity index (χ0) is 13.0. The van der Waals surface area contributed by atoms with Crippen molar-refractivity contribution in [1.29, 1.82) is 0 Å². The third-order valence-corrected chi connectivity index (χ3v) is 2.68. The molecular weight excluding hydrogens is 230 g/mol. The van der Waals surface area contributed by atoms with Gasteiger partial charge in [-0.2, -0.15) is 0 Å². The minimum Gasteiger partial charge on any atom is -0.493 e. The third-order valence-electron chi connectivity index (χ3n) is 2.68. The number of benzene rings is 2. The molecule has 0 fully saturated rings. The Morgan fingerprint density at radius 2 is 1.89 bits per heavy atom. The molecular formula is C14H15NO3. The largest absolute Gasteiger partial charge is 0.493 e. The van der Waals surface area contributed by atoms with Gasteiger partial charge in [-0.3, -0.25) is 0 Å². The number of carboxylic acids is 1.